The lowest BCUT2D eigenvalue weighted by Gasteiger charge is -2.31. The predicted octanol–water partition coefficient (Wildman–Crippen LogP) is -2.29. The highest BCUT2D eigenvalue weighted by Gasteiger charge is 2.40. The van der Waals surface area contributed by atoms with Crippen LogP contribution in [-0.4, -0.2) is 143 Å². The number of guanidine groups is 2. The van der Waals surface area contributed by atoms with Crippen LogP contribution in [0, 0.1) is 16.6 Å². The second-order valence-corrected chi connectivity index (χ2v) is 18.5. The van der Waals surface area contributed by atoms with Gasteiger partial charge in [-0.2, -0.15) is 0 Å². The Hall–Kier alpha value is -8.32. The third-order valence-electron chi connectivity index (χ3n) is 12.8. The van der Waals surface area contributed by atoms with Crippen LogP contribution in [0.15, 0.2) is 54.7 Å². The molecule has 0 saturated carbocycles. The number of H-pyrrole nitrogens is 1. The molecule has 18 N–H and O–H groups in total. The Morgan fingerprint density at radius 2 is 1.41 bits per heavy atom. The lowest BCUT2D eigenvalue weighted by atomic mass is 10.0. The van der Waals surface area contributed by atoms with Crippen molar-refractivity contribution in [3.05, 3.63) is 71.7 Å². The maximum absolute atomic E-state index is 14.6. The number of nitrogens with one attached hydrogen (secondary N) is 12. The number of carbonyl (C=O) groups excluding carboxylic acids is 9. The first kappa shape index (κ1) is 57.6. The number of halogens is 1. The summed E-state index contributed by atoms with van der Waals surface area (Å²) < 4.78 is 14.1. The van der Waals surface area contributed by atoms with Crippen LogP contribution >= 0.6 is 0 Å². The van der Waals surface area contributed by atoms with E-state index >= 15 is 0 Å². The number of aromatic nitrogens is 1. The Labute approximate surface area is 432 Å². The van der Waals surface area contributed by atoms with E-state index in [2.05, 4.69) is 52.8 Å². The summed E-state index contributed by atoms with van der Waals surface area (Å²) in [5, 5.41) is 39.8. The number of nitrogens with zero attached hydrogens (tertiary/aromatic N) is 1. The van der Waals surface area contributed by atoms with Gasteiger partial charge in [-0.05, 0) is 87.1 Å². The summed E-state index contributed by atoms with van der Waals surface area (Å²) in [5.74, 6) is -7.97. The highest BCUT2D eigenvalue weighted by Crippen LogP contribution is 2.22. The number of para-hydroxylation sites is 1. The Balaban J connectivity index is 1.51. The number of hydrogen-bond acceptors (Lipinski definition) is 11. The summed E-state index contributed by atoms with van der Waals surface area (Å²) in [5.41, 5.74) is 18.4. The molecule has 5 rings (SSSR count). The van der Waals surface area contributed by atoms with E-state index in [1.54, 1.807) is 12.3 Å². The fourth-order valence-corrected chi connectivity index (χ4v) is 8.94. The van der Waals surface area contributed by atoms with Crippen molar-refractivity contribution in [2.75, 3.05) is 26.2 Å². The van der Waals surface area contributed by atoms with E-state index in [-0.39, 0.29) is 109 Å². The molecule has 1 unspecified atom stereocenters. The SMILES string of the molecule is CC(=O)N[C@@H](CCCNC(=N)N)C(=O)N[C@H]1CCC(=O)NCCCC(C(N)=O)NC(=O)[C@H](Cc2c[nH]c3ccccc23)NC(=O)[C@H](CCCNC(=N)N)NC(=O)[C@@H](Cc2ccc(F)cc2)NC(=O)[C@@H]2CCCN2C1=O. The Kier molecular flexibility index (Phi) is 21.7. The number of aromatic amines is 1. The Morgan fingerprint density at radius 3 is 2.11 bits per heavy atom. The van der Waals surface area contributed by atoms with Gasteiger partial charge in [0.25, 0.3) is 0 Å². The zero-order chi connectivity index (χ0) is 54.6. The molecule has 26 heteroatoms. The zero-order valence-electron chi connectivity index (χ0n) is 41.8. The highest BCUT2D eigenvalue weighted by molar-refractivity contribution is 5.98. The van der Waals surface area contributed by atoms with Crippen LogP contribution in [-0.2, 0) is 56.0 Å². The van der Waals surface area contributed by atoms with Crippen molar-refractivity contribution < 1.29 is 47.5 Å². The summed E-state index contributed by atoms with van der Waals surface area (Å²) >= 11 is 0. The van der Waals surface area contributed by atoms with Crippen molar-refractivity contribution in [2.24, 2.45) is 17.2 Å². The lowest BCUT2D eigenvalue weighted by Crippen LogP contribution is -2.60. The van der Waals surface area contributed by atoms with Gasteiger partial charge in [-0.1, -0.05) is 30.3 Å². The number of rotatable bonds is 16. The van der Waals surface area contributed by atoms with Crippen molar-refractivity contribution >= 4 is 76.0 Å². The van der Waals surface area contributed by atoms with E-state index in [1.807, 2.05) is 18.2 Å². The molecule has 9 amide bonds. The maximum atomic E-state index is 14.6. The molecule has 0 radical (unpaired) electrons. The summed E-state index contributed by atoms with van der Waals surface area (Å²) in [4.78, 5) is 129. The first-order chi connectivity index (χ1) is 35.8. The third-order valence-corrected chi connectivity index (χ3v) is 12.8. The topological polar surface area (TPSA) is 407 Å². The second-order valence-electron chi connectivity index (χ2n) is 18.5. The number of nitrogens with two attached hydrogens (primary N) is 3. The molecule has 2 aliphatic heterocycles. The van der Waals surface area contributed by atoms with E-state index in [1.165, 1.54) is 36.1 Å². The Morgan fingerprint density at radius 1 is 0.773 bits per heavy atom. The molecular weight excluding hydrogens is 976 g/mol. The van der Waals surface area contributed by atoms with Crippen molar-refractivity contribution in [2.45, 2.75) is 126 Å². The number of hydrogen-bond donors (Lipinski definition) is 15. The molecule has 406 valence electrons. The van der Waals surface area contributed by atoms with Gasteiger partial charge in [0.15, 0.2) is 11.9 Å². The molecule has 7 atom stereocenters. The largest absolute Gasteiger partial charge is 0.370 e. The minimum absolute atomic E-state index is 0.00874. The van der Waals surface area contributed by atoms with Crippen LogP contribution in [0.3, 0.4) is 0 Å². The molecule has 2 saturated heterocycles. The second kappa shape index (κ2) is 28.2. The van der Waals surface area contributed by atoms with Gasteiger partial charge in [0.1, 0.15) is 48.1 Å². The molecule has 0 bridgehead atoms. The fraction of sp³-hybridized carbons (Fsp3) is 0.490. The summed E-state index contributed by atoms with van der Waals surface area (Å²) in [6, 6.07) is 3.16. The predicted molar refractivity (Wildman–Crippen MR) is 273 cm³/mol. The highest BCUT2D eigenvalue weighted by atomic mass is 19.1. The van der Waals surface area contributed by atoms with E-state index in [0.717, 1.165) is 10.9 Å². The van der Waals surface area contributed by atoms with Gasteiger partial charge in [0.05, 0.1) is 0 Å². The average Bonchev–Trinajstić information content (AvgIpc) is 4.03. The van der Waals surface area contributed by atoms with E-state index in [4.69, 9.17) is 28.0 Å². The molecule has 0 aliphatic carbocycles. The quantitative estimate of drug-likeness (QED) is 0.0409. The monoisotopic (exact) mass is 1040 g/mol. The van der Waals surface area contributed by atoms with Crippen LogP contribution in [0.2, 0.25) is 0 Å². The third kappa shape index (κ3) is 18.0. The van der Waals surface area contributed by atoms with E-state index < -0.39 is 101 Å². The molecule has 2 fully saturated rings. The standard InChI is InChI=1S/C49H69FN16O9/c1-27(67)60-34(11-5-21-57-48(52)53)42(70)63-36-18-19-40(68)56-20-4-10-33(41(51)69)61-45(73)38(25-29-26-59-32-9-3-2-8-31(29)32)64-43(71)35(12-6-22-58-49(54)55)62-44(72)37(24-28-14-16-30(50)17-15-28)65-46(74)39-13-7-23-66(39)47(36)75/h2-3,8-9,14-17,26,33-39,59H,4-7,10-13,18-25H2,1H3,(H2,51,69)(H,56,68)(H,60,67)(H,61,73)(H,62,72)(H,63,70)(H,64,71)(H,65,74)(H4,52,53,57)(H4,54,55,58)/t33?,34-,35-,36-,37+,38-,39-/m0/s1. The number of primary amides is 1. The van der Waals surface area contributed by atoms with Crippen LogP contribution in [0.25, 0.3) is 10.9 Å². The summed E-state index contributed by atoms with van der Waals surface area (Å²) in [6.07, 6.45) is 1.72. The van der Waals surface area contributed by atoms with Gasteiger partial charge in [-0.15, -0.1) is 0 Å². The molecule has 1 aromatic heterocycles. The molecule has 2 aromatic carbocycles. The molecule has 0 spiro atoms. The first-order valence-corrected chi connectivity index (χ1v) is 24.9. The van der Waals surface area contributed by atoms with E-state index in [9.17, 15) is 47.5 Å². The molecular formula is C49H69FN16O9. The summed E-state index contributed by atoms with van der Waals surface area (Å²) in [6.45, 7) is 1.53. The van der Waals surface area contributed by atoms with Crippen molar-refractivity contribution in [3.63, 3.8) is 0 Å². The van der Waals surface area contributed by atoms with Gasteiger partial charge in [-0.3, -0.25) is 54.0 Å². The number of benzene rings is 2. The molecule has 3 heterocycles. The van der Waals surface area contributed by atoms with Gasteiger partial charge in [-0.25, -0.2) is 4.39 Å². The maximum Gasteiger partial charge on any atom is 0.245 e. The Bertz CT molecular complexity index is 2560. The summed E-state index contributed by atoms with van der Waals surface area (Å²) in [7, 11) is 0. The molecule has 25 nitrogen and oxygen atoms in total. The van der Waals surface area contributed by atoms with Gasteiger partial charge in [0, 0.05) is 69.5 Å². The molecule has 3 aromatic rings. The minimum Gasteiger partial charge on any atom is -0.370 e. The zero-order valence-corrected chi connectivity index (χ0v) is 41.8. The van der Waals surface area contributed by atoms with Crippen LogP contribution in [0.1, 0.15) is 82.3 Å². The van der Waals surface area contributed by atoms with Gasteiger partial charge < -0.3 is 74.9 Å². The number of amides is 9. The van der Waals surface area contributed by atoms with Gasteiger partial charge >= 0.3 is 0 Å². The number of carbonyl (C=O) groups is 9. The smallest absolute Gasteiger partial charge is 0.245 e. The first-order valence-electron chi connectivity index (χ1n) is 24.9. The van der Waals surface area contributed by atoms with Crippen LogP contribution in [0.4, 0.5) is 4.39 Å². The van der Waals surface area contributed by atoms with Gasteiger partial charge in [0.2, 0.25) is 53.2 Å². The average molecular weight is 1050 g/mol. The normalized spacial score (nSPS) is 22.0. The fourth-order valence-electron chi connectivity index (χ4n) is 8.94. The van der Waals surface area contributed by atoms with Crippen molar-refractivity contribution in [3.8, 4) is 0 Å². The lowest BCUT2D eigenvalue weighted by molar-refractivity contribution is -0.143. The van der Waals surface area contributed by atoms with E-state index in [0.29, 0.717) is 17.5 Å². The van der Waals surface area contributed by atoms with Crippen LogP contribution in [0.5, 0.6) is 0 Å². The minimum atomic E-state index is -1.45. The number of fused-ring (bicyclic) bond motifs is 2. The van der Waals surface area contributed by atoms with Crippen molar-refractivity contribution in [1.29, 1.82) is 10.8 Å². The van der Waals surface area contributed by atoms with Crippen molar-refractivity contribution in [1.82, 2.24) is 57.7 Å². The molecule has 2 aliphatic rings. The van der Waals surface area contributed by atoms with Crippen LogP contribution < -0.4 is 65.1 Å². The molecule has 75 heavy (non-hydrogen) atoms.